The number of nitrogens with one attached hydrogen (secondary N) is 2. The van der Waals surface area contributed by atoms with Crippen LogP contribution in [0.15, 0.2) is 20.9 Å². The van der Waals surface area contributed by atoms with Crippen LogP contribution >= 0.6 is 27.3 Å². The predicted octanol–water partition coefficient (Wildman–Crippen LogP) is 3.65. The number of rotatable bonds is 6. The highest BCUT2D eigenvalue weighted by Crippen LogP contribution is 2.23. The minimum absolute atomic E-state index is 0.336. The number of thiophene rings is 1. The zero-order valence-electron chi connectivity index (χ0n) is 13.8. The number of hydrogen-bond acceptors (Lipinski definition) is 3. The summed E-state index contributed by atoms with van der Waals surface area (Å²) in [7, 11) is -0.687. The molecule has 0 amide bonds. The van der Waals surface area contributed by atoms with Crippen LogP contribution in [0.25, 0.3) is 0 Å². The van der Waals surface area contributed by atoms with E-state index in [1.165, 1.54) is 4.88 Å². The molecule has 0 aliphatic heterocycles. The molecule has 0 radical (unpaired) electrons. The van der Waals surface area contributed by atoms with Crippen LogP contribution in [-0.4, -0.2) is 33.8 Å². The summed E-state index contributed by atoms with van der Waals surface area (Å²) in [4.78, 5) is 5.93. The molecule has 1 aromatic heterocycles. The van der Waals surface area contributed by atoms with Crippen LogP contribution in [0.3, 0.4) is 0 Å². The van der Waals surface area contributed by atoms with Gasteiger partial charge in [0.2, 0.25) is 0 Å². The maximum absolute atomic E-state index is 12.1. The minimum Gasteiger partial charge on any atom is -0.357 e. The van der Waals surface area contributed by atoms with E-state index in [2.05, 4.69) is 49.9 Å². The van der Waals surface area contributed by atoms with E-state index in [0.29, 0.717) is 17.8 Å². The van der Waals surface area contributed by atoms with Crippen molar-refractivity contribution in [1.82, 2.24) is 10.6 Å². The molecule has 3 atom stereocenters. The summed E-state index contributed by atoms with van der Waals surface area (Å²) in [5, 5.41) is 9.28. The lowest BCUT2D eigenvalue weighted by Gasteiger charge is -2.30. The second-order valence-electron chi connectivity index (χ2n) is 5.73. The molecule has 1 aliphatic carbocycles. The van der Waals surface area contributed by atoms with Crippen LogP contribution in [0.2, 0.25) is 0 Å². The van der Waals surface area contributed by atoms with Crippen molar-refractivity contribution in [2.45, 2.75) is 57.4 Å². The standard InChI is InChI=1S/C16H26BrN3OS2/c1-3-18-16(19-10-14-8-12(17)11-22-14)20-13-6-5-7-15(9-13)23(21)4-2/h8,11,13,15H,3-7,9-10H2,1-2H3,(H2,18,19,20). The molecule has 130 valence electrons. The Labute approximate surface area is 154 Å². The van der Waals surface area contributed by atoms with Gasteiger partial charge in [-0.3, -0.25) is 4.21 Å². The van der Waals surface area contributed by atoms with E-state index in [1.54, 1.807) is 11.3 Å². The Kier molecular flexibility index (Phi) is 8.06. The maximum Gasteiger partial charge on any atom is 0.191 e. The van der Waals surface area contributed by atoms with Crippen molar-refractivity contribution in [1.29, 1.82) is 0 Å². The van der Waals surface area contributed by atoms with Gasteiger partial charge in [0.25, 0.3) is 0 Å². The third-order valence-corrected chi connectivity index (χ3v) is 7.41. The molecule has 3 unspecified atom stereocenters. The fraction of sp³-hybridized carbons (Fsp3) is 0.688. The molecule has 1 fully saturated rings. The van der Waals surface area contributed by atoms with Crippen molar-refractivity contribution < 1.29 is 4.21 Å². The molecule has 0 saturated heterocycles. The lowest BCUT2D eigenvalue weighted by Crippen LogP contribution is -2.46. The Balaban J connectivity index is 1.93. The van der Waals surface area contributed by atoms with Crippen molar-refractivity contribution in [3.8, 4) is 0 Å². The van der Waals surface area contributed by atoms with Gasteiger partial charge in [-0.2, -0.15) is 0 Å². The van der Waals surface area contributed by atoms with Crippen molar-refractivity contribution in [3.05, 3.63) is 20.8 Å². The summed E-state index contributed by atoms with van der Waals surface area (Å²) in [6.45, 7) is 5.62. The molecule has 23 heavy (non-hydrogen) atoms. The fourth-order valence-electron chi connectivity index (χ4n) is 2.86. The zero-order chi connectivity index (χ0) is 16.7. The first-order chi connectivity index (χ1) is 11.1. The quantitative estimate of drug-likeness (QED) is 0.546. The molecule has 2 N–H and O–H groups in total. The van der Waals surface area contributed by atoms with Gasteiger partial charge >= 0.3 is 0 Å². The Morgan fingerprint density at radius 2 is 2.30 bits per heavy atom. The molecule has 0 aromatic carbocycles. The molecule has 7 heteroatoms. The number of hydrogen-bond donors (Lipinski definition) is 2. The number of halogens is 1. The van der Waals surface area contributed by atoms with E-state index in [1.807, 2.05) is 6.92 Å². The van der Waals surface area contributed by atoms with Gasteiger partial charge in [0, 0.05) is 49.1 Å². The SMILES string of the molecule is CCNC(=NCc1cc(Br)cs1)NC1CCCC(S(=O)CC)C1. The average Bonchev–Trinajstić information content (AvgIpc) is 2.98. The Morgan fingerprint density at radius 3 is 2.96 bits per heavy atom. The monoisotopic (exact) mass is 419 g/mol. The van der Waals surface area contributed by atoms with E-state index in [4.69, 9.17) is 0 Å². The highest BCUT2D eigenvalue weighted by atomic mass is 79.9. The van der Waals surface area contributed by atoms with Crippen molar-refractivity contribution in [3.63, 3.8) is 0 Å². The van der Waals surface area contributed by atoms with Crippen LogP contribution in [0.5, 0.6) is 0 Å². The summed E-state index contributed by atoms with van der Waals surface area (Å²) in [6, 6.07) is 2.48. The second-order valence-corrected chi connectivity index (χ2v) is 9.64. The highest BCUT2D eigenvalue weighted by Gasteiger charge is 2.25. The summed E-state index contributed by atoms with van der Waals surface area (Å²) in [5.41, 5.74) is 0. The molecule has 1 aromatic rings. The van der Waals surface area contributed by atoms with Crippen LogP contribution in [0, 0.1) is 0 Å². The van der Waals surface area contributed by atoms with Gasteiger partial charge in [-0.05, 0) is 48.2 Å². The Hall–Kier alpha value is -0.400. The molecule has 0 bridgehead atoms. The van der Waals surface area contributed by atoms with E-state index >= 15 is 0 Å². The first kappa shape index (κ1) is 18.9. The molecule has 1 aliphatic rings. The van der Waals surface area contributed by atoms with Crippen LogP contribution in [-0.2, 0) is 17.3 Å². The van der Waals surface area contributed by atoms with E-state index in [9.17, 15) is 4.21 Å². The van der Waals surface area contributed by atoms with Gasteiger partial charge in [-0.1, -0.05) is 13.3 Å². The lowest BCUT2D eigenvalue weighted by atomic mass is 9.95. The van der Waals surface area contributed by atoms with Gasteiger partial charge in [-0.25, -0.2) is 4.99 Å². The molecular weight excluding hydrogens is 394 g/mol. The molecular formula is C16H26BrN3OS2. The third-order valence-electron chi connectivity index (χ3n) is 3.98. The highest BCUT2D eigenvalue weighted by molar-refractivity contribution is 9.10. The van der Waals surface area contributed by atoms with Crippen molar-refractivity contribution in [2.75, 3.05) is 12.3 Å². The first-order valence-corrected chi connectivity index (χ1v) is 11.3. The Morgan fingerprint density at radius 1 is 1.48 bits per heavy atom. The summed E-state index contributed by atoms with van der Waals surface area (Å²) >= 11 is 5.19. The van der Waals surface area contributed by atoms with Gasteiger partial charge < -0.3 is 10.6 Å². The van der Waals surface area contributed by atoms with E-state index in [-0.39, 0.29) is 0 Å². The van der Waals surface area contributed by atoms with Gasteiger partial charge in [0.1, 0.15) is 0 Å². The molecule has 4 nitrogen and oxygen atoms in total. The molecule has 2 rings (SSSR count). The van der Waals surface area contributed by atoms with E-state index < -0.39 is 10.8 Å². The average molecular weight is 420 g/mol. The smallest absolute Gasteiger partial charge is 0.191 e. The summed E-state index contributed by atoms with van der Waals surface area (Å²) in [5.74, 6) is 1.63. The van der Waals surface area contributed by atoms with Gasteiger partial charge in [-0.15, -0.1) is 11.3 Å². The number of nitrogens with zero attached hydrogens (tertiary/aromatic N) is 1. The summed E-state index contributed by atoms with van der Waals surface area (Å²) < 4.78 is 13.2. The van der Waals surface area contributed by atoms with Gasteiger partial charge in [0.05, 0.1) is 6.54 Å². The van der Waals surface area contributed by atoms with Crippen LogP contribution in [0.4, 0.5) is 0 Å². The summed E-state index contributed by atoms with van der Waals surface area (Å²) in [6.07, 6.45) is 4.35. The van der Waals surface area contributed by atoms with E-state index in [0.717, 1.165) is 48.4 Å². The van der Waals surface area contributed by atoms with Crippen molar-refractivity contribution >= 4 is 44.0 Å². The number of aliphatic imine (C=N–C) groups is 1. The van der Waals surface area contributed by atoms with Crippen LogP contribution in [0.1, 0.15) is 44.4 Å². The molecule has 1 saturated carbocycles. The molecule has 1 heterocycles. The topological polar surface area (TPSA) is 53.5 Å². The third kappa shape index (κ3) is 6.19. The van der Waals surface area contributed by atoms with Gasteiger partial charge in [0.15, 0.2) is 5.96 Å². The second kappa shape index (κ2) is 9.79. The first-order valence-electron chi connectivity index (χ1n) is 8.27. The minimum atomic E-state index is -0.687. The predicted molar refractivity (Wildman–Crippen MR) is 105 cm³/mol. The largest absolute Gasteiger partial charge is 0.357 e. The van der Waals surface area contributed by atoms with Crippen LogP contribution < -0.4 is 10.6 Å². The lowest BCUT2D eigenvalue weighted by molar-refractivity contribution is 0.413. The fourth-order valence-corrected chi connectivity index (χ4v) is 5.58. The maximum atomic E-state index is 12.1. The van der Waals surface area contributed by atoms with Crippen molar-refractivity contribution in [2.24, 2.45) is 4.99 Å². The zero-order valence-corrected chi connectivity index (χ0v) is 17.0. The Bertz CT molecular complexity index is 547. The number of guanidine groups is 1. The molecule has 0 spiro atoms. The normalized spacial score (nSPS) is 23.5.